The van der Waals surface area contributed by atoms with Crippen molar-refractivity contribution in [2.75, 3.05) is 6.54 Å². The molecular weight excluding hydrogens is 210 g/mol. The number of aliphatic hydroxyl groups excluding tert-OH is 1. The number of hydrogen-bond acceptors (Lipinski definition) is 1. The molecule has 2 nitrogen and oxygen atoms in total. The van der Waals surface area contributed by atoms with E-state index in [-0.39, 0.29) is 6.10 Å². The average Bonchev–Trinajstić information content (AvgIpc) is 2.29. The quantitative estimate of drug-likeness (QED) is 0.722. The zero-order valence-electron chi connectivity index (χ0n) is 11.8. The number of piperidine rings is 1. The van der Waals surface area contributed by atoms with Crippen molar-refractivity contribution in [1.29, 1.82) is 0 Å². The highest BCUT2D eigenvalue weighted by atomic mass is 16.3. The Hall–Kier alpha value is -0.0800. The molecule has 0 radical (unpaired) electrons. The van der Waals surface area contributed by atoms with Gasteiger partial charge in [-0.05, 0) is 49.9 Å². The van der Waals surface area contributed by atoms with Crippen molar-refractivity contribution in [1.82, 2.24) is 0 Å². The van der Waals surface area contributed by atoms with Crippen LogP contribution >= 0.6 is 0 Å². The van der Waals surface area contributed by atoms with Gasteiger partial charge >= 0.3 is 0 Å². The van der Waals surface area contributed by atoms with Crippen LogP contribution in [0.3, 0.4) is 0 Å². The topological polar surface area (TPSA) is 36.8 Å². The smallest absolute Gasteiger partial charge is 0.115 e. The molecule has 0 aromatic carbocycles. The van der Waals surface area contributed by atoms with E-state index in [9.17, 15) is 5.11 Å². The number of aliphatic hydroxyl groups is 1. The SMILES string of the molecule is CC(C)(C)C1CCC(C2[NH2+]CCCC2O)CC1. The molecule has 2 fully saturated rings. The summed E-state index contributed by atoms with van der Waals surface area (Å²) in [7, 11) is 0. The van der Waals surface area contributed by atoms with Crippen LogP contribution in [0.2, 0.25) is 0 Å². The monoisotopic (exact) mass is 240 g/mol. The molecule has 0 amide bonds. The Labute approximate surface area is 106 Å². The van der Waals surface area contributed by atoms with Crippen molar-refractivity contribution in [3.05, 3.63) is 0 Å². The normalized spacial score (nSPS) is 40.2. The second kappa shape index (κ2) is 5.27. The summed E-state index contributed by atoms with van der Waals surface area (Å²) in [6, 6.07) is 0.504. The second-order valence-electron chi connectivity index (χ2n) is 7.29. The lowest BCUT2D eigenvalue weighted by Crippen LogP contribution is -2.95. The Morgan fingerprint density at radius 3 is 2.18 bits per heavy atom. The van der Waals surface area contributed by atoms with Crippen molar-refractivity contribution in [3.63, 3.8) is 0 Å². The van der Waals surface area contributed by atoms with E-state index in [0.717, 1.165) is 18.3 Å². The lowest BCUT2D eigenvalue weighted by atomic mass is 9.67. The summed E-state index contributed by atoms with van der Waals surface area (Å²) in [4.78, 5) is 0. The van der Waals surface area contributed by atoms with Gasteiger partial charge in [0.15, 0.2) is 0 Å². The van der Waals surface area contributed by atoms with Crippen LogP contribution in [-0.2, 0) is 0 Å². The Bertz CT molecular complexity index is 238. The molecule has 1 saturated heterocycles. The van der Waals surface area contributed by atoms with E-state index in [2.05, 4.69) is 26.1 Å². The van der Waals surface area contributed by atoms with E-state index >= 15 is 0 Å². The molecule has 1 heterocycles. The molecular formula is C15H30NO+. The van der Waals surface area contributed by atoms with E-state index in [0.29, 0.717) is 11.5 Å². The molecule has 0 aromatic heterocycles. The lowest BCUT2D eigenvalue weighted by molar-refractivity contribution is -0.712. The molecule has 2 atom stereocenters. The number of rotatable bonds is 1. The van der Waals surface area contributed by atoms with Gasteiger partial charge in [0.25, 0.3) is 0 Å². The summed E-state index contributed by atoms with van der Waals surface area (Å²) < 4.78 is 0. The van der Waals surface area contributed by atoms with Gasteiger partial charge in [0.1, 0.15) is 12.1 Å². The number of hydrogen-bond donors (Lipinski definition) is 2. The molecule has 100 valence electrons. The highest BCUT2D eigenvalue weighted by Crippen LogP contribution is 2.40. The molecule has 0 aromatic rings. The summed E-state index contributed by atoms with van der Waals surface area (Å²) in [5.74, 6) is 1.66. The van der Waals surface area contributed by atoms with Gasteiger partial charge in [-0.1, -0.05) is 20.8 Å². The lowest BCUT2D eigenvalue weighted by Gasteiger charge is -2.40. The maximum Gasteiger partial charge on any atom is 0.115 e. The Morgan fingerprint density at radius 1 is 1.00 bits per heavy atom. The Kier molecular flexibility index (Phi) is 4.14. The number of quaternary nitrogens is 1. The third kappa shape index (κ3) is 3.23. The van der Waals surface area contributed by atoms with Gasteiger partial charge in [-0.25, -0.2) is 0 Å². The van der Waals surface area contributed by atoms with Crippen molar-refractivity contribution < 1.29 is 10.4 Å². The van der Waals surface area contributed by atoms with Gasteiger partial charge in [-0.2, -0.15) is 0 Å². The average molecular weight is 240 g/mol. The largest absolute Gasteiger partial charge is 0.387 e. The van der Waals surface area contributed by atoms with E-state index in [4.69, 9.17) is 0 Å². The minimum absolute atomic E-state index is 0.0417. The first kappa shape index (κ1) is 13.4. The van der Waals surface area contributed by atoms with Gasteiger partial charge in [0.2, 0.25) is 0 Å². The summed E-state index contributed by atoms with van der Waals surface area (Å²) in [5.41, 5.74) is 0.472. The Balaban J connectivity index is 1.86. The first-order valence-corrected chi connectivity index (χ1v) is 7.50. The fourth-order valence-electron chi connectivity index (χ4n) is 3.86. The van der Waals surface area contributed by atoms with Crippen molar-refractivity contribution in [2.45, 2.75) is 71.4 Å². The summed E-state index contributed by atoms with van der Waals surface area (Å²) >= 11 is 0. The molecule has 2 unspecified atom stereocenters. The maximum absolute atomic E-state index is 10.1. The summed E-state index contributed by atoms with van der Waals surface area (Å²) in [5, 5.41) is 12.5. The van der Waals surface area contributed by atoms with Crippen LogP contribution in [0.25, 0.3) is 0 Å². The minimum Gasteiger partial charge on any atom is -0.387 e. The molecule has 17 heavy (non-hydrogen) atoms. The van der Waals surface area contributed by atoms with E-state index < -0.39 is 0 Å². The predicted octanol–water partition coefficient (Wildman–Crippen LogP) is 1.93. The van der Waals surface area contributed by atoms with Crippen LogP contribution in [0.4, 0.5) is 0 Å². The van der Waals surface area contributed by atoms with Crippen molar-refractivity contribution >= 4 is 0 Å². The summed E-state index contributed by atoms with van der Waals surface area (Å²) in [6.45, 7) is 8.35. The highest BCUT2D eigenvalue weighted by molar-refractivity contribution is 4.85. The minimum atomic E-state index is -0.0417. The second-order valence-corrected chi connectivity index (χ2v) is 7.29. The molecule has 1 aliphatic carbocycles. The fraction of sp³-hybridized carbons (Fsp3) is 1.00. The van der Waals surface area contributed by atoms with Crippen LogP contribution in [0.1, 0.15) is 59.3 Å². The zero-order chi connectivity index (χ0) is 12.5. The molecule has 2 rings (SSSR count). The van der Waals surface area contributed by atoms with Crippen molar-refractivity contribution in [2.24, 2.45) is 17.3 Å². The first-order chi connectivity index (χ1) is 7.98. The van der Waals surface area contributed by atoms with Crippen LogP contribution in [0.15, 0.2) is 0 Å². The fourth-order valence-corrected chi connectivity index (χ4v) is 3.86. The molecule has 1 saturated carbocycles. The highest BCUT2D eigenvalue weighted by Gasteiger charge is 2.38. The molecule has 3 N–H and O–H groups in total. The van der Waals surface area contributed by atoms with Crippen LogP contribution in [-0.4, -0.2) is 23.8 Å². The van der Waals surface area contributed by atoms with Gasteiger partial charge in [0, 0.05) is 5.92 Å². The van der Waals surface area contributed by atoms with Gasteiger partial charge in [0.05, 0.1) is 6.54 Å². The maximum atomic E-state index is 10.1. The first-order valence-electron chi connectivity index (χ1n) is 7.50. The Morgan fingerprint density at radius 2 is 1.65 bits per heavy atom. The van der Waals surface area contributed by atoms with E-state index in [1.165, 1.54) is 38.6 Å². The van der Waals surface area contributed by atoms with Gasteiger partial charge < -0.3 is 10.4 Å². The van der Waals surface area contributed by atoms with Gasteiger partial charge in [-0.15, -0.1) is 0 Å². The third-order valence-corrected chi connectivity index (χ3v) is 5.13. The number of nitrogens with two attached hydrogens (primary N) is 1. The van der Waals surface area contributed by atoms with Crippen LogP contribution in [0.5, 0.6) is 0 Å². The zero-order valence-corrected chi connectivity index (χ0v) is 11.8. The predicted molar refractivity (Wildman–Crippen MR) is 70.7 cm³/mol. The van der Waals surface area contributed by atoms with Crippen molar-refractivity contribution in [3.8, 4) is 0 Å². The standard InChI is InChI=1S/C15H29NO/c1-15(2,3)12-8-6-11(7-9-12)14-13(17)5-4-10-16-14/h11-14,16-17H,4-10H2,1-3H3/p+1. The van der Waals surface area contributed by atoms with Crippen LogP contribution < -0.4 is 5.32 Å². The molecule has 0 bridgehead atoms. The van der Waals surface area contributed by atoms with E-state index in [1.807, 2.05) is 0 Å². The van der Waals surface area contributed by atoms with Crippen LogP contribution in [0, 0.1) is 17.3 Å². The third-order valence-electron chi connectivity index (χ3n) is 5.13. The molecule has 0 spiro atoms. The molecule has 1 aliphatic heterocycles. The summed E-state index contributed by atoms with van der Waals surface area (Å²) in [6.07, 6.45) is 7.58. The van der Waals surface area contributed by atoms with Gasteiger partial charge in [-0.3, -0.25) is 0 Å². The van der Waals surface area contributed by atoms with E-state index in [1.54, 1.807) is 0 Å². The molecule has 2 aliphatic rings. The molecule has 2 heteroatoms.